The molecule has 1 fully saturated rings. The van der Waals surface area contributed by atoms with Gasteiger partial charge in [-0.05, 0) is 49.4 Å². The lowest BCUT2D eigenvalue weighted by Crippen LogP contribution is -2.38. The first-order valence-corrected chi connectivity index (χ1v) is 7.76. The third kappa shape index (κ3) is 5.13. The number of nitrogens with one attached hydrogen (secondary N) is 1. The van der Waals surface area contributed by atoms with Crippen molar-refractivity contribution in [3.8, 4) is 5.75 Å². The van der Waals surface area contributed by atoms with Crippen LogP contribution in [0.25, 0.3) is 0 Å². The molecule has 1 saturated carbocycles. The van der Waals surface area contributed by atoms with Crippen molar-refractivity contribution in [1.82, 2.24) is 5.32 Å². The van der Waals surface area contributed by atoms with Crippen molar-refractivity contribution in [2.75, 3.05) is 13.2 Å². The lowest BCUT2D eigenvalue weighted by molar-refractivity contribution is -0.121. The third-order valence-corrected chi connectivity index (χ3v) is 3.96. The average Bonchev–Trinajstić information content (AvgIpc) is 2.40. The number of carbonyl (C=O) groups is 1. The molecule has 110 valence electrons. The van der Waals surface area contributed by atoms with E-state index in [1.165, 1.54) is 0 Å². The minimum atomic E-state index is -0.156. The van der Waals surface area contributed by atoms with Gasteiger partial charge in [0.1, 0.15) is 5.75 Å². The van der Waals surface area contributed by atoms with Crippen LogP contribution in [0.1, 0.15) is 25.7 Å². The van der Waals surface area contributed by atoms with Crippen LogP contribution in [0.15, 0.2) is 28.7 Å². The number of rotatable bonds is 7. The number of hydrogen-bond acceptors (Lipinski definition) is 3. The molecule has 20 heavy (non-hydrogen) atoms. The number of ether oxygens (including phenoxy) is 1. The molecule has 4 nitrogen and oxygen atoms in total. The van der Waals surface area contributed by atoms with Crippen molar-refractivity contribution in [2.45, 2.75) is 31.8 Å². The van der Waals surface area contributed by atoms with Crippen LogP contribution in [0, 0.1) is 5.92 Å². The molecule has 0 aromatic heterocycles. The van der Waals surface area contributed by atoms with Crippen LogP contribution in [0.3, 0.4) is 0 Å². The van der Waals surface area contributed by atoms with E-state index in [1.54, 1.807) is 0 Å². The summed E-state index contributed by atoms with van der Waals surface area (Å²) in [5.41, 5.74) is 0. The summed E-state index contributed by atoms with van der Waals surface area (Å²) < 4.78 is 6.57. The van der Waals surface area contributed by atoms with Gasteiger partial charge in [-0.1, -0.05) is 15.9 Å². The molecule has 0 aliphatic heterocycles. The first-order chi connectivity index (χ1) is 9.63. The summed E-state index contributed by atoms with van der Waals surface area (Å²) in [4.78, 5) is 11.6. The lowest BCUT2D eigenvalue weighted by atomic mass is 9.82. The fourth-order valence-corrected chi connectivity index (χ4v) is 2.43. The second-order valence-electron chi connectivity index (χ2n) is 5.20. The van der Waals surface area contributed by atoms with E-state index < -0.39 is 0 Å². The van der Waals surface area contributed by atoms with Gasteiger partial charge in [0.2, 0.25) is 5.91 Å². The normalized spacial score (nSPS) is 21.1. The molecule has 0 saturated heterocycles. The summed E-state index contributed by atoms with van der Waals surface area (Å²) in [6, 6.07) is 7.64. The highest BCUT2D eigenvalue weighted by Crippen LogP contribution is 2.26. The van der Waals surface area contributed by atoms with Crippen molar-refractivity contribution in [1.29, 1.82) is 0 Å². The van der Waals surface area contributed by atoms with Crippen molar-refractivity contribution < 1.29 is 14.6 Å². The summed E-state index contributed by atoms with van der Waals surface area (Å²) in [5, 5.41) is 12.0. The largest absolute Gasteiger partial charge is 0.494 e. The van der Waals surface area contributed by atoms with Gasteiger partial charge >= 0.3 is 0 Å². The quantitative estimate of drug-likeness (QED) is 0.749. The van der Waals surface area contributed by atoms with Crippen LogP contribution in [-0.4, -0.2) is 30.3 Å². The van der Waals surface area contributed by atoms with Crippen molar-refractivity contribution in [3.05, 3.63) is 28.7 Å². The second kappa shape index (κ2) is 7.64. The van der Waals surface area contributed by atoms with Gasteiger partial charge in [-0.15, -0.1) is 0 Å². The molecule has 0 heterocycles. The minimum absolute atomic E-state index is 0.0609. The standard InChI is InChI=1S/C15H20BrNO3/c16-12-3-5-14(6-4-12)20-7-1-2-15(19)17-10-11-8-13(18)9-11/h3-6,11,13,18H,1-2,7-10H2,(H,17,19). The molecule has 0 atom stereocenters. The van der Waals surface area contributed by atoms with Gasteiger partial charge in [-0.25, -0.2) is 0 Å². The van der Waals surface area contributed by atoms with Gasteiger partial charge in [0, 0.05) is 17.4 Å². The topological polar surface area (TPSA) is 58.6 Å². The van der Waals surface area contributed by atoms with E-state index >= 15 is 0 Å². The SMILES string of the molecule is O=C(CCCOc1ccc(Br)cc1)NCC1CC(O)C1. The molecule has 1 aromatic carbocycles. The smallest absolute Gasteiger partial charge is 0.220 e. The van der Waals surface area contributed by atoms with Crippen LogP contribution >= 0.6 is 15.9 Å². The van der Waals surface area contributed by atoms with Gasteiger partial charge in [-0.2, -0.15) is 0 Å². The molecule has 2 N–H and O–H groups in total. The fourth-order valence-electron chi connectivity index (χ4n) is 2.17. The third-order valence-electron chi connectivity index (χ3n) is 3.43. The average molecular weight is 342 g/mol. The Balaban J connectivity index is 1.52. The predicted molar refractivity (Wildman–Crippen MR) is 80.6 cm³/mol. The lowest BCUT2D eigenvalue weighted by Gasteiger charge is -2.31. The van der Waals surface area contributed by atoms with Crippen molar-refractivity contribution in [3.63, 3.8) is 0 Å². The number of carbonyl (C=O) groups excluding carboxylic acids is 1. The predicted octanol–water partition coefficient (Wildman–Crippen LogP) is 2.50. The van der Waals surface area contributed by atoms with E-state index in [9.17, 15) is 4.79 Å². The number of aliphatic hydroxyl groups excluding tert-OH is 1. The Bertz CT molecular complexity index is 429. The number of benzene rings is 1. The highest BCUT2D eigenvalue weighted by atomic mass is 79.9. The summed E-state index contributed by atoms with van der Waals surface area (Å²) in [6.45, 7) is 1.22. The van der Waals surface area contributed by atoms with E-state index in [4.69, 9.17) is 9.84 Å². The Morgan fingerprint density at radius 2 is 2.05 bits per heavy atom. The van der Waals surface area contributed by atoms with Crippen LogP contribution in [0.5, 0.6) is 5.75 Å². The molecule has 0 unspecified atom stereocenters. The Kier molecular flexibility index (Phi) is 5.86. The molecular weight excluding hydrogens is 322 g/mol. The van der Waals surface area contributed by atoms with Gasteiger partial charge in [0.15, 0.2) is 0 Å². The zero-order chi connectivity index (χ0) is 14.4. The molecule has 0 radical (unpaired) electrons. The summed E-state index contributed by atoms with van der Waals surface area (Å²) >= 11 is 3.37. The van der Waals surface area contributed by atoms with Crippen molar-refractivity contribution in [2.24, 2.45) is 5.92 Å². The summed E-state index contributed by atoms with van der Waals surface area (Å²) in [5.74, 6) is 1.33. The van der Waals surface area contributed by atoms with E-state index in [0.717, 1.165) is 23.1 Å². The Morgan fingerprint density at radius 1 is 1.35 bits per heavy atom. The summed E-state index contributed by atoms with van der Waals surface area (Å²) in [6.07, 6.45) is 2.65. The highest BCUT2D eigenvalue weighted by molar-refractivity contribution is 9.10. The second-order valence-corrected chi connectivity index (χ2v) is 6.12. The van der Waals surface area contributed by atoms with E-state index in [2.05, 4.69) is 21.2 Å². The zero-order valence-corrected chi connectivity index (χ0v) is 12.9. The number of halogens is 1. The molecule has 1 aliphatic rings. The van der Waals surface area contributed by atoms with Gasteiger partial charge in [0.05, 0.1) is 12.7 Å². The highest BCUT2D eigenvalue weighted by Gasteiger charge is 2.26. The monoisotopic (exact) mass is 341 g/mol. The molecule has 0 spiro atoms. The zero-order valence-electron chi connectivity index (χ0n) is 11.3. The molecular formula is C15H20BrNO3. The molecule has 5 heteroatoms. The minimum Gasteiger partial charge on any atom is -0.494 e. The molecule has 1 amide bonds. The maximum absolute atomic E-state index is 11.6. The number of aliphatic hydroxyl groups is 1. The number of hydrogen-bond donors (Lipinski definition) is 2. The van der Waals surface area contributed by atoms with E-state index in [-0.39, 0.29) is 12.0 Å². The van der Waals surface area contributed by atoms with Gasteiger partial charge in [0.25, 0.3) is 0 Å². The number of amides is 1. The molecule has 1 aromatic rings. The Morgan fingerprint density at radius 3 is 2.70 bits per heavy atom. The first-order valence-electron chi connectivity index (χ1n) is 6.96. The van der Waals surface area contributed by atoms with Gasteiger partial charge in [-0.3, -0.25) is 4.79 Å². The van der Waals surface area contributed by atoms with E-state index in [1.807, 2.05) is 24.3 Å². The van der Waals surface area contributed by atoms with E-state index in [0.29, 0.717) is 31.9 Å². The summed E-state index contributed by atoms with van der Waals surface area (Å²) in [7, 11) is 0. The van der Waals surface area contributed by atoms with Crippen LogP contribution in [0.4, 0.5) is 0 Å². The maximum atomic E-state index is 11.6. The van der Waals surface area contributed by atoms with Crippen LogP contribution in [-0.2, 0) is 4.79 Å². The Hall–Kier alpha value is -1.07. The van der Waals surface area contributed by atoms with Crippen LogP contribution < -0.4 is 10.1 Å². The Labute approximate surface area is 127 Å². The molecule has 1 aliphatic carbocycles. The fraction of sp³-hybridized carbons (Fsp3) is 0.533. The van der Waals surface area contributed by atoms with Crippen molar-refractivity contribution >= 4 is 21.8 Å². The molecule has 0 bridgehead atoms. The van der Waals surface area contributed by atoms with Gasteiger partial charge < -0.3 is 15.2 Å². The maximum Gasteiger partial charge on any atom is 0.220 e. The van der Waals surface area contributed by atoms with Crippen LogP contribution in [0.2, 0.25) is 0 Å². The molecule has 2 rings (SSSR count). The first kappa shape index (κ1) is 15.3.